The predicted octanol–water partition coefficient (Wildman–Crippen LogP) is 3.16. The molecule has 19 heavy (non-hydrogen) atoms. The Morgan fingerprint density at radius 3 is 2.79 bits per heavy atom. The maximum atomic E-state index is 13.1. The molecule has 0 saturated carbocycles. The van der Waals surface area contributed by atoms with E-state index in [0.717, 1.165) is 11.4 Å². The van der Waals surface area contributed by atoms with Gasteiger partial charge in [0.2, 0.25) is 0 Å². The van der Waals surface area contributed by atoms with E-state index in [1.165, 1.54) is 18.2 Å². The van der Waals surface area contributed by atoms with Crippen LogP contribution in [0.5, 0.6) is 5.75 Å². The van der Waals surface area contributed by atoms with Crippen LogP contribution in [0.15, 0.2) is 36.4 Å². The second-order valence-electron chi connectivity index (χ2n) is 4.42. The summed E-state index contributed by atoms with van der Waals surface area (Å²) in [5, 5.41) is 9.61. The number of aliphatic hydroxyl groups is 1. The Balaban J connectivity index is 2.15. The number of nitrogens with zero attached hydrogens (tertiary/aromatic N) is 1. The van der Waals surface area contributed by atoms with Crippen LogP contribution in [0.4, 0.5) is 4.39 Å². The molecule has 3 nitrogen and oxygen atoms in total. The van der Waals surface area contributed by atoms with E-state index in [9.17, 15) is 9.50 Å². The molecule has 1 heterocycles. The van der Waals surface area contributed by atoms with E-state index < -0.39 is 11.9 Å². The SMILES string of the molecule is Cc1cccc(COc2ccc(F)cc2[C@@H](C)O)n1. The highest BCUT2D eigenvalue weighted by atomic mass is 19.1. The van der Waals surface area contributed by atoms with Crippen LogP contribution in [0, 0.1) is 12.7 Å². The summed E-state index contributed by atoms with van der Waals surface area (Å²) in [6, 6.07) is 9.78. The summed E-state index contributed by atoms with van der Waals surface area (Å²) in [5.41, 5.74) is 2.14. The minimum absolute atomic E-state index is 0.285. The summed E-state index contributed by atoms with van der Waals surface area (Å²) >= 11 is 0. The first-order chi connectivity index (χ1) is 9.06. The van der Waals surface area contributed by atoms with E-state index in [1.54, 1.807) is 6.92 Å². The highest BCUT2D eigenvalue weighted by Crippen LogP contribution is 2.26. The minimum atomic E-state index is -0.781. The Morgan fingerprint density at radius 2 is 2.11 bits per heavy atom. The van der Waals surface area contributed by atoms with Crippen LogP contribution in [0.25, 0.3) is 0 Å². The number of pyridine rings is 1. The van der Waals surface area contributed by atoms with Crippen molar-refractivity contribution in [2.75, 3.05) is 0 Å². The number of rotatable bonds is 4. The van der Waals surface area contributed by atoms with Crippen LogP contribution in [-0.4, -0.2) is 10.1 Å². The minimum Gasteiger partial charge on any atom is -0.487 e. The third-order valence-electron chi connectivity index (χ3n) is 2.74. The summed E-state index contributed by atoms with van der Waals surface area (Å²) in [4.78, 5) is 4.32. The molecule has 0 aliphatic carbocycles. The molecule has 100 valence electrons. The molecule has 1 aromatic carbocycles. The molecule has 0 bridgehead atoms. The van der Waals surface area contributed by atoms with E-state index in [-0.39, 0.29) is 6.61 Å². The lowest BCUT2D eigenvalue weighted by Gasteiger charge is -2.13. The van der Waals surface area contributed by atoms with Gasteiger partial charge >= 0.3 is 0 Å². The van der Waals surface area contributed by atoms with E-state index in [4.69, 9.17) is 4.74 Å². The van der Waals surface area contributed by atoms with Crippen molar-refractivity contribution in [3.8, 4) is 5.75 Å². The highest BCUT2D eigenvalue weighted by Gasteiger charge is 2.11. The Bertz CT molecular complexity index is 570. The lowest BCUT2D eigenvalue weighted by molar-refractivity contribution is 0.189. The second-order valence-corrected chi connectivity index (χ2v) is 4.42. The maximum absolute atomic E-state index is 13.1. The van der Waals surface area contributed by atoms with Crippen molar-refractivity contribution in [2.24, 2.45) is 0 Å². The number of aryl methyl sites for hydroxylation is 1. The van der Waals surface area contributed by atoms with Gasteiger partial charge in [0.15, 0.2) is 0 Å². The predicted molar refractivity (Wildman–Crippen MR) is 70.3 cm³/mol. The topological polar surface area (TPSA) is 42.4 Å². The number of hydrogen-bond acceptors (Lipinski definition) is 3. The van der Waals surface area contributed by atoms with Crippen molar-refractivity contribution in [1.82, 2.24) is 4.98 Å². The zero-order chi connectivity index (χ0) is 13.8. The second kappa shape index (κ2) is 5.80. The van der Waals surface area contributed by atoms with Crippen molar-refractivity contribution in [3.05, 3.63) is 59.2 Å². The molecule has 1 aromatic heterocycles. The first kappa shape index (κ1) is 13.5. The van der Waals surface area contributed by atoms with E-state index in [1.807, 2.05) is 25.1 Å². The van der Waals surface area contributed by atoms with Gasteiger partial charge in [0.25, 0.3) is 0 Å². The molecular formula is C15H16FNO2. The molecule has 0 aliphatic rings. The molecule has 0 fully saturated rings. The van der Waals surface area contributed by atoms with Crippen LogP contribution in [0.1, 0.15) is 30.0 Å². The molecule has 0 saturated heterocycles. The molecular weight excluding hydrogens is 245 g/mol. The lowest BCUT2D eigenvalue weighted by atomic mass is 10.1. The van der Waals surface area contributed by atoms with Gasteiger partial charge < -0.3 is 9.84 Å². The standard InChI is InChI=1S/C15H16FNO2/c1-10-4-3-5-13(17-10)9-19-15-7-6-12(16)8-14(15)11(2)18/h3-8,11,18H,9H2,1-2H3/t11-/m1/s1. The zero-order valence-corrected chi connectivity index (χ0v) is 10.9. The molecule has 1 N–H and O–H groups in total. The smallest absolute Gasteiger partial charge is 0.130 e. The number of hydrogen-bond donors (Lipinski definition) is 1. The van der Waals surface area contributed by atoms with E-state index in [0.29, 0.717) is 11.3 Å². The van der Waals surface area contributed by atoms with Gasteiger partial charge in [-0.3, -0.25) is 4.98 Å². The Hall–Kier alpha value is -1.94. The van der Waals surface area contributed by atoms with Gasteiger partial charge in [-0.1, -0.05) is 6.07 Å². The molecule has 2 aromatic rings. The van der Waals surface area contributed by atoms with Crippen molar-refractivity contribution in [3.63, 3.8) is 0 Å². The lowest BCUT2D eigenvalue weighted by Crippen LogP contribution is -2.03. The Kier molecular flexibility index (Phi) is 4.12. The van der Waals surface area contributed by atoms with Gasteiger partial charge in [0.05, 0.1) is 11.8 Å². The third kappa shape index (κ3) is 3.51. The van der Waals surface area contributed by atoms with Crippen molar-refractivity contribution in [2.45, 2.75) is 26.6 Å². The fourth-order valence-corrected chi connectivity index (χ4v) is 1.81. The molecule has 4 heteroatoms. The fraction of sp³-hybridized carbons (Fsp3) is 0.267. The van der Waals surface area contributed by atoms with Crippen molar-refractivity contribution < 1.29 is 14.2 Å². The number of benzene rings is 1. The monoisotopic (exact) mass is 261 g/mol. The van der Waals surface area contributed by atoms with Gasteiger partial charge in [0, 0.05) is 11.3 Å². The fourth-order valence-electron chi connectivity index (χ4n) is 1.81. The summed E-state index contributed by atoms with van der Waals surface area (Å²) in [7, 11) is 0. The van der Waals surface area contributed by atoms with Gasteiger partial charge in [0.1, 0.15) is 18.2 Å². The molecule has 0 unspecified atom stereocenters. The van der Waals surface area contributed by atoms with Gasteiger partial charge in [-0.05, 0) is 44.2 Å². The van der Waals surface area contributed by atoms with E-state index >= 15 is 0 Å². The Morgan fingerprint density at radius 1 is 1.32 bits per heavy atom. The van der Waals surface area contributed by atoms with Gasteiger partial charge in [-0.15, -0.1) is 0 Å². The average Bonchev–Trinajstić information content (AvgIpc) is 2.37. The quantitative estimate of drug-likeness (QED) is 0.919. The van der Waals surface area contributed by atoms with E-state index in [2.05, 4.69) is 4.98 Å². The molecule has 2 rings (SSSR count). The van der Waals surface area contributed by atoms with Crippen LogP contribution < -0.4 is 4.74 Å². The van der Waals surface area contributed by atoms with Crippen LogP contribution in [0.2, 0.25) is 0 Å². The van der Waals surface area contributed by atoms with Crippen LogP contribution in [0.3, 0.4) is 0 Å². The van der Waals surface area contributed by atoms with Crippen LogP contribution >= 0.6 is 0 Å². The molecule has 0 radical (unpaired) electrons. The Labute approximate surface area is 111 Å². The highest BCUT2D eigenvalue weighted by molar-refractivity contribution is 5.35. The van der Waals surface area contributed by atoms with Crippen molar-refractivity contribution in [1.29, 1.82) is 0 Å². The average molecular weight is 261 g/mol. The summed E-state index contributed by atoms with van der Waals surface area (Å²) in [6.45, 7) is 3.77. The number of ether oxygens (including phenoxy) is 1. The largest absolute Gasteiger partial charge is 0.487 e. The molecule has 1 atom stereocenters. The summed E-state index contributed by atoms with van der Waals surface area (Å²) in [6.07, 6.45) is -0.781. The van der Waals surface area contributed by atoms with Gasteiger partial charge in [-0.25, -0.2) is 4.39 Å². The first-order valence-corrected chi connectivity index (χ1v) is 6.09. The molecule has 0 spiro atoms. The van der Waals surface area contributed by atoms with Crippen LogP contribution in [-0.2, 0) is 6.61 Å². The molecule has 0 amide bonds. The third-order valence-corrected chi connectivity index (χ3v) is 2.74. The summed E-state index contributed by atoms with van der Waals surface area (Å²) < 4.78 is 18.7. The zero-order valence-electron chi connectivity index (χ0n) is 10.9. The summed E-state index contributed by atoms with van der Waals surface area (Å²) in [5.74, 6) is 0.0802. The molecule has 0 aliphatic heterocycles. The van der Waals surface area contributed by atoms with Crippen molar-refractivity contribution >= 4 is 0 Å². The number of halogens is 1. The normalized spacial score (nSPS) is 12.2. The number of aliphatic hydroxyl groups excluding tert-OH is 1. The first-order valence-electron chi connectivity index (χ1n) is 6.09. The number of aromatic nitrogens is 1. The maximum Gasteiger partial charge on any atom is 0.130 e. The van der Waals surface area contributed by atoms with Gasteiger partial charge in [-0.2, -0.15) is 0 Å².